The van der Waals surface area contributed by atoms with Gasteiger partial charge in [0.2, 0.25) is 5.91 Å². The summed E-state index contributed by atoms with van der Waals surface area (Å²) in [7, 11) is 1.32. The number of ether oxygens (including phenoxy) is 1. The van der Waals surface area contributed by atoms with Gasteiger partial charge in [-0.15, -0.1) is 0 Å². The van der Waals surface area contributed by atoms with Crippen LogP contribution in [0.25, 0.3) is 0 Å². The summed E-state index contributed by atoms with van der Waals surface area (Å²) in [6.07, 6.45) is 0.684. The largest absolute Gasteiger partial charge is 0.480 e. The predicted octanol–water partition coefficient (Wildman–Crippen LogP) is 1.88. The molecule has 1 aromatic rings. The van der Waals surface area contributed by atoms with Gasteiger partial charge >= 0.3 is 12.1 Å². The lowest BCUT2D eigenvalue weighted by atomic mass is 10.0. The van der Waals surface area contributed by atoms with Crippen molar-refractivity contribution in [2.75, 3.05) is 20.2 Å². The minimum Gasteiger partial charge on any atom is -0.480 e. The number of nitrogens with one attached hydrogen (secondary N) is 1. The Morgan fingerprint density at radius 2 is 2.10 bits per heavy atom. The van der Waals surface area contributed by atoms with Crippen LogP contribution in [0.5, 0.6) is 0 Å². The van der Waals surface area contributed by atoms with E-state index in [0.29, 0.717) is 24.1 Å². The highest BCUT2D eigenvalue weighted by Gasteiger charge is 2.29. The van der Waals surface area contributed by atoms with Crippen molar-refractivity contribution in [3.63, 3.8) is 0 Å². The Kier molecular flexibility index (Phi) is 8.81. The van der Waals surface area contributed by atoms with Gasteiger partial charge in [-0.05, 0) is 24.1 Å². The van der Waals surface area contributed by atoms with Crippen molar-refractivity contribution >= 4 is 23.7 Å². The number of nitrogens with zero attached hydrogens (tertiary/aromatic N) is 3. The smallest absolute Gasteiger partial charge is 0.410 e. The number of unbranched alkanes of at least 4 members (excludes halogenated alkanes) is 1. The molecule has 2 atom stereocenters. The highest BCUT2D eigenvalue weighted by Crippen LogP contribution is 2.19. The van der Waals surface area contributed by atoms with Crippen LogP contribution in [0.1, 0.15) is 43.7 Å². The molecule has 1 heterocycles. The maximum Gasteiger partial charge on any atom is 0.410 e. The maximum atomic E-state index is 12.3. The Morgan fingerprint density at radius 3 is 2.71 bits per heavy atom. The van der Waals surface area contributed by atoms with E-state index < -0.39 is 30.1 Å². The third kappa shape index (κ3) is 6.99. The summed E-state index contributed by atoms with van der Waals surface area (Å²) in [5.74, 6) is -1.67. The number of hydrogen-bond donors (Lipinski definition) is 2. The molecule has 0 saturated carbocycles. The van der Waals surface area contributed by atoms with E-state index in [-0.39, 0.29) is 19.6 Å². The number of benzene rings is 1. The van der Waals surface area contributed by atoms with E-state index in [9.17, 15) is 19.5 Å². The van der Waals surface area contributed by atoms with Gasteiger partial charge in [0.25, 0.3) is 0 Å². The molecular formula is C21H26N4O6. The van der Waals surface area contributed by atoms with Gasteiger partial charge in [0.1, 0.15) is 12.1 Å². The van der Waals surface area contributed by atoms with Crippen LogP contribution in [0.3, 0.4) is 0 Å². The molecule has 2 amide bonds. The molecule has 2 N–H and O–H groups in total. The number of oxime groups is 1. The molecule has 0 aliphatic carbocycles. The van der Waals surface area contributed by atoms with E-state index in [1.165, 1.54) is 7.05 Å². The molecule has 1 aromatic carbocycles. The highest BCUT2D eigenvalue weighted by molar-refractivity contribution is 6.01. The average molecular weight is 430 g/mol. The van der Waals surface area contributed by atoms with E-state index >= 15 is 0 Å². The van der Waals surface area contributed by atoms with Crippen molar-refractivity contribution in [3.8, 4) is 6.07 Å². The molecule has 0 spiro atoms. The van der Waals surface area contributed by atoms with E-state index in [4.69, 9.17) is 14.8 Å². The molecule has 1 aliphatic heterocycles. The summed E-state index contributed by atoms with van der Waals surface area (Å²) >= 11 is 0. The fourth-order valence-electron chi connectivity index (χ4n) is 2.86. The first-order valence-electron chi connectivity index (χ1n) is 9.98. The van der Waals surface area contributed by atoms with E-state index in [1.54, 1.807) is 24.3 Å². The maximum absolute atomic E-state index is 12.3. The molecule has 0 fully saturated rings. The van der Waals surface area contributed by atoms with Crippen LogP contribution in [0.15, 0.2) is 29.4 Å². The number of carboxylic acid groups (broad SMARTS) is 1. The Bertz CT molecular complexity index is 862. The molecule has 0 radical (unpaired) electrons. The van der Waals surface area contributed by atoms with Crippen molar-refractivity contribution in [3.05, 3.63) is 35.4 Å². The Balaban J connectivity index is 1.81. The van der Waals surface area contributed by atoms with Crippen molar-refractivity contribution in [2.45, 2.75) is 44.8 Å². The van der Waals surface area contributed by atoms with E-state index in [1.807, 2.05) is 13.0 Å². The molecule has 10 heteroatoms. The Labute approximate surface area is 180 Å². The van der Waals surface area contributed by atoms with Crippen molar-refractivity contribution in [1.82, 2.24) is 10.2 Å². The molecule has 1 unspecified atom stereocenters. The molecular weight excluding hydrogens is 404 g/mol. The lowest BCUT2D eigenvalue weighted by molar-refractivity contribution is -0.142. The lowest BCUT2D eigenvalue weighted by Crippen LogP contribution is -2.49. The fraction of sp³-hybridized carbons (Fsp3) is 0.476. The second-order valence-electron chi connectivity index (χ2n) is 7.10. The minimum atomic E-state index is -1.26. The number of carbonyl (C=O) groups is 3. The first-order valence-corrected chi connectivity index (χ1v) is 9.98. The number of aliphatic carboxylic acids is 1. The number of hydrogen-bond acceptors (Lipinski definition) is 7. The lowest BCUT2D eigenvalue weighted by Gasteiger charge is -2.24. The van der Waals surface area contributed by atoms with Gasteiger partial charge in [0.15, 0.2) is 0 Å². The number of carbonyl (C=O) groups excluding carboxylic acids is 2. The first-order chi connectivity index (χ1) is 14.8. The van der Waals surface area contributed by atoms with Gasteiger partial charge in [-0.1, -0.05) is 30.6 Å². The van der Waals surface area contributed by atoms with E-state index in [0.717, 1.165) is 16.9 Å². The minimum absolute atomic E-state index is 0.0136. The zero-order chi connectivity index (χ0) is 22.8. The quantitative estimate of drug-likeness (QED) is 0.540. The van der Waals surface area contributed by atoms with Crippen molar-refractivity contribution in [2.24, 2.45) is 5.16 Å². The van der Waals surface area contributed by atoms with Gasteiger partial charge in [-0.3, -0.25) is 9.69 Å². The summed E-state index contributed by atoms with van der Waals surface area (Å²) in [6.45, 7) is 1.89. The molecule has 10 nitrogen and oxygen atoms in total. The van der Waals surface area contributed by atoms with Crippen LogP contribution in [0.4, 0.5) is 4.79 Å². The average Bonchev–Trinajstić information content (AvgIpc) is 3.22. The van der Waals surface area contributed by atoms with Crippen molar-refractivity contribution in [1.29, 1.82) is 5.26 Å². The molecule has 1 aliphatic rings. The second-order valence-corrected chi connectivity index (χ2v) is 7.10. The molecule has 166 valence electrons. The number of amides is 2. The van der Waals surface area contributed by atoms with Crippen LogP contribution < -0.4 is 5.32 Å². The number of likely N-dealkylation sites (N-methyl/N-ethyl adjacent to an activating group) is 1. The summed E-state index contributed by atoms with van der Waals surface area (Å²) in [5, 5.41) is 24.8. The normalized spacial score (nSPS) is 15.8. The van der Waals surface area contributed by atoms with Crippen LogP contribution in [0.2, 0.25) is 0 Å². The number of nitriles is 1. The summed E-state index contributed by atoms with van der Waals surface area (Å²) < 4.78 is 5.02. The van der Waals surface area contributed by atoms with Crippen LogP contribution >= 0.6 is 0 Å². The molecule has 0 bridgehead atoms. The van der Waals surface area contributed by atoms with Crippen LogP contribution in [0, 0.1) is 11.3 Å². The zero-order valence-electron chi connectivity index (χ0n) is 17.5. The van der Waals surface area contributed by atoms with Gasteiger partial charge in [0.05, 0.1) is 30.4 Å². The third-order valence-electron chi connectivity index (χ3n) is 4.75. The molecule has 31 heavy (non-hydrogen) atoms. The van der Waals surface area contributed by atoms with E-state index in [2.05, 4.69) is 10.5 Å². The Hall–Kier alpha value is -3.61. The van der Waals surface area contributed by atoms with Gasteiger partial charge in [-0.25, -0.2) is 9.59 Å². The SMILES string of the molecule is CCCCOC(=O)N(C)[C@H](CNC(=O)CC1CC(c2ccc(C#N)cc2)=NO1)C(=O)O. The molecule has 0 saturated heterocycles. The summed E-state index contributed by atoms with van der Waals surface area (Å²) in [4.78, 5) is 42.0. The van der Waals surface area contributed by atoms with Crippen LogP contribution in [-0.2, 0) is 19.2 Å². The number of carboxylic acids is 1. The van der Waals surface area contributed by atoms with Gasteiger partial charge in [0, 0.05) is 20.0 Å². The topological polar surface area (TPSA) is 141 Å². The zero-order valence-corrected chi connectivity index (χ0v) is 17.5. The summed E-state index contributed by atoms with van der Waals surface area (Å²) in [6, 6.07) is 7.65. The highest BCUT2D eigenvalue weighted by atomic mass is 16.6. The standard InChI is InChI=1S/C21H26N4O6/c1-3-4-9-30-21(29)25(2)18(20(27)28)13-23-19(26)11-16-10-17(24-31-16)15-7-5-14(12-22)6-8-15/h5-8,16,18H,3-4,9-11,13H2,1-2H3,(H,23,26)(H,27,28)/t16?,18-/m1/s1. The van der Waals surface area contributed by atoms with Gasteiger partial charge < -0.3 is 20.0 Å². The summed E-state index contributed by atoms with van der Waals surface area (Å²) in [5.41, 5.74) is 2.00. The van der Waals surface area contributed by atoms with Crippen molar-refractivity contribution < 1.29 is 29.1 Å². The van der Waals surface area contributed by atoms with Gasteiger partial charge in [-0.2, -0.15) is 5.26 Å². The first kappa shape index (κ1) is 23.7. The molecule has 0 aromatic heterocycles. The third-order valence-corrected chi connectivity index (χ3v) is 4.75. The molecule has 2 rings (SSSR count). The van der Waals surface area contributed by atoms with Crippen LogP contribution in [-0.4, -0.2) is 66.0 Å². The second kappa shape index (κ2) is 11.5. The fourth-order valence-corrected chi connectivity index (χ4v) is 2.86. The number of rotatable bonds is 10. The monoisotopic (exact) mass is 430 g/mol. The Morgan fingerprint density at radius 1 is 1.39 bits per heavy atom. The predicted molar refractivity (Wildman–Crippen MR) is 110 cm³/mol.